The maximum Gasteiger partial charge on any atom is 0.229 e. The second kappa shape index (κ2) is 8.54. The van der Waals surface area contributed by atoms with Crippen LogP contribution >= 0.6 is 0 Å². The second-order valence-electron chi connectivity index (χ2n) is 6.33. The third-order valence-corrected chi connectivity index (χ3v) is 4.36. The highest BCUT2D eigenvalue weighted by Gasteiger charge is 2.06. The fourth-order valence-corrected chi connectivity index (χ4v) is 2.98. The molecule has 2 aromatic carbocycles. The minimum atomic E-state index is 0.545. The lowest BCUT2D eigenvalue weighted by Gasteiger charge is -2.09. The van der Waals surface area contributed by atoms with E-state index >= 15 is 0 Å². The van der Waals surface area contributed by atoms with Gasteiger partial charge < -0.3 is 19.4 Å². The van der Waals surface area contributed by atoms with Gasteiger partial charge in [-0.3, -0.25) is 0 Å². The average Bonchev–Trinajstić information content (AvgIpc) is 3.17. The number of anilines is 2. The number of nitrogens with one attached hydrogen (secondary N) is 1. The zero-order valence-electron chi connectivity index (χ0n) is 15.7. The van der Waals surface area contributed by atoms with Crippen molar-refractivity contribution < 1.29 is 9.47 Å². The third kappa shape index (κ3) is 4.13. The van der Waals surface area contributed by atoms with Crippen molar-refractivity contribution in [2.24, 2.45) is 0 Å². The standard InChI is InChI=1S/C22H22N4O2/c1-27-15-4-16-28-19-9-7-18(8-10-19)24-22-23-13-11-21(25-22)26-14-12-17-5-2-3-6-20(17)26/h2-3,5-14H,4,15-16H2,1H3,(H,23,24,25). The fraction of sp³-hybridized carbons (Fsp3) is 0.182. The highest BCUT2D eigenvalue weighted by molar-refractivity contribution is 5.81. The molecule has 0 saturated carbocycles. The Morgan fingerprint density at radius 2 is 1.82 bits per heavy atom. The molecule has 0 bridgehead atoms. The number of rotatable bonds is 8. The van der Waals surface area contributed by atoms with E-state index in [-0.39, 0.29) is 0 Å². The molecule has 0 spiro atoms. The molecule has 0 amide bonds. The summed E-state index contributed by atoms with van der Waals surface area (Å²) in [5.41, 5.74) is 2.01. The normalized spacial score (nSPS) is 10.9. The van der Waals surface area contributed by atoms with E-state index in [0.29, 0.717) is 19.2 Å². The Balaban J connectivity index is 1.46. The predicted molar refractivity (Wildman–Crippen MR) is 111 cm³/mol. The summed E-state index contributed by atoms with van der Waals surface area (Å²) >= 11 is 0. The molecule has 0 aliphatic carbocycles. The molecule has 0 radical (unpaired) electrons. The Morgan fingerprint density at radius 1 is 0.964 bits per heavy atom. The molecule has 142 valence electrons. The van der Waals surface area contributed by atoms with Crippen molar-refractivity contribution in [3.8, 4) is 11.6 Å². The van der Waals surface area contributed by atoms with Gasteiger partial charge in [0.2, 0.25) is 5.95 Å². The quantitative estimate of drug-likeness (QED) is 0.458. The van der Waals surface area contributed by atoms with Gasteiger partial charge in [-0.25, -0.2) is 4.98 Å². The molecular weight excluding hydrogens is 352 g/mol. The van der Waals surface area contributed by atoms with E-state index in [9.17, 15) is 0 Å². The minimum Gasteiger partial charge on any atom is -0.494 e. The van der Waals surface area contributed by atoms with Gasteiger partial charge in [-0.2, -0.15) is 4.98 Å². The van der Waals surface area contributed by atoms with Gasteiger partial charge in [-0.15, -0.1) is 0 Å². The van der Waals surface area contributed by atoms with Crippen LogP contribution in [0, 0.1) is 0 Å². The van der Waals surface area contributed by atoms with E-state index in [1.54, 1.807) is 13.3 Å². The molecule has 0 atom stereocenters. The molecule has 0 fully saturated rings. The molecule has 4 rings (SSSR count). The number of hydrogen-bond acceptors (Lipinski definition) is 5. The largest absolute Gasteiger partial charge is 0.494 e. The molecule has 0 aliphatic rings. The van der Waals surface area contributed by atoms with E-state index in [1.165, 1.54) is 5.39 Å². The summed E-state index contributed by atoms with van der Waals surface area (Å²) in [5.74, 6) is 2.19. The van der Waals surface area contributed by atoms with Gasteiger partial charge in [0.05, 0.1) is 12.1 Å². The maximum absolute atomic E-state index is 5.68. The van der Waals surface area contributed by atoms with Crippen molar-refractivity contribution in [1.29, 1.82) is 0 Å². The summed E-state index contributed by atoms with van der Waals surface area (Å²) in [6.45, 7) is 1.33. The Kier molecular flexibility index (Phi) is 5.49. The molecule has 2 heterocycles. The first-order chi connectivity index (χ1) is 13.8. The molecule has 28 heavy (non-hydrogen) atoms. The smallest absolute Gasteiger partial charge is 0.229 e. The van der Waals surface area contributed by atoms with Gasteiger partial charge in [-0.05, 0) is 47.9 Å². The van der Waals surface area contributed by atoms with Crippen LogP contribution < -0.4 is 10.1 Å². The van der Waals surface area contributed by atoms with Gasteiger partial charge in [0, 0.05) is 38.2 Å². The number of nitrogens with zero attached hydrogens (tertiary/aromatic N) is 3. The van der Waals surface area contributed by atoms with Crippen LogP contribution in [0.15, 0.2) is 73.1 Å². The number of aromatic nitrogens is 3. The Bertz CT molecular complexity index is 1040. The zero-order valence-corrected chi connectivity index (χ0v) is 15.7. The van der Waals surface area contributed by atoms with Crippen molar-refractivity contribution in [3.05, 3.63) is 73.1 Å². The first kappa shape index (κ1) is 18.0. The molecule has 2 aromatic heterocycles. The SMILES string of the molecule is COCCCOc1ccc(Nc2nccc(-n3ccc4ccccc43)n2)cc1. The summed E-state index contributed by atoms with van der Waals surface area (Å²) < 4.78 is 12.8. The summed E-state index contributed by atoms with van der Waals surface area (Å²) in [4.78, 5) is 8.99. The van der Waals surface area contributed by atoms with Crippen molar-refractivity contribution >= 4 is 22.5 Å². The summed E-state index contributed by atoms with van der Waals surface area (Å²) in [7, 11) is 1.69. The van der Waals surface area contributed by atoms with Crippen LogP contribution in [-0.4, -0.2) is 34.9 Å². The lowest BCUT2D eigenvalue weighted by molar-refractivity contribution is 0.172. The Morgan fingerprint density at radius 3 is 2.68 bits per heavy atom. The molecule has 0 unspecified atom stereocenters. The fourth-order valence-electron chi connectivity index (χ4n) is 2.98. The molecule has 6 heteroatoms. The van der Waals surface area contributed by atoms with Crippen LogP contribution in [0.2, 0.25) is 0 Å². The molecule has 0 aliphatic heterocycles. The molecular formula is C22H22N4O2. The third-order valence-electron chi connectivity index (χ3n) is 4.36. The predicted octanol–water partition coefficient (Wildman–Crippen LogP) is 4.58. The summed E-state index contributed by atoms with van der Waals surface area (Å²) in [6.07, 6.45) is 4.64. The van der Waals surface area contributed by atoms with Crippen molar-refractivity contribution in [3.63, 3.8) is 0 Å². The van der Waals surface area contributed by atoms with Crippen LogP contribution in [0.25, 0.3) is 16.7 Å². The van der Waals surface area contributed by atoms with E-state index in [2.05, 4.69) is 38.1 Å². The van der Waals surface area contributed by atoms with E-state index in [1.807, 2.05) is 48.7 Å². The molecule has 6 nitrogen and oxygen atoms in total. The topological polar surface area (TPSA) is 61.2 Å². The van der Waals surface area contributed by atoms with E-state index < -0.39 is 0 Å². The highest BCUT2D eigenvalue weighted by atomic mass is 16.5. The van der Waals surface area contributed by atoms with Crippen molar-refractivity contribution in [2.75, 3.05) is 25.6 Å². The maximum atomic E-state index is 5.68. The lowest BCUT2D eigenvalue weighted by atomic mass is 10.2. The number of benzene rings is 2. The monoisotopic (exact) mass is 374 g/mol. The van der Waals surface area contributed by atoms with Gasteiger partial charge >= 0.3 is 0 Å². The lowest BCUT2D eigenvalue weighted by Crippen LogP contribution is -2.03. The highest BCUT2D eigenvalue weighted by Crippen LogP contribution is 2.21. The molecule has 0 saturated heterocycles. The van der Waals surface area contributed by atoms with Crippen LogP contribution in [0.4, 0.5) is 11.6 Å². The molecule has 1 N–H and O–H groups in total. The van der Waals surface area contributed by atoms with Crippen LogP contribution in [-0.2, 0) is 4.74 Å². The van der Waals surface area contributed by atoms with E-state index in [4.69, 9.17) is 9.47 Å². The number of fused-ring (bicyclic) bond motifs is 1. The van der Waals surface area contributed by atoms with Crippen molar-refractivity contribution in [2.45, 2.75) is 6.42 Å². The number of ether oxygens (including phenoxy) is 2. The first-order valence-electron chi connectivity index (χ1n) is 9.22. The van der Waals surface area contributed by atoms with Crippen molar-refractivity contribution in [1.82, 2.24) is 14.5 Å². The van der Waals surface area contributed by atoms with Gasteiger partial charge in [0.1, 0.15) is 11.6 Å². The number of methoxy groups -OCH3 is 1. The average molecular weight is 374 g/mol. The number of hydrogen-bond donors (Lipinski definition) is 1. The Hall–Kier alpha value is -3.38. The van der Waals surface area contributed by atoms with Crippen LogP contribution in [0.3, 0.4) is 0 Å². The minimum absolute atomic E-state index is 0.545. The Labute approximate surface area is 163 Å². The zero-order chi connectivity index (χ0) is 19.2. The van der Waals surface area contributed by atoms with Gasteiger partial charge in [0.15, 0.2) is 0 Å². The number of para-hydroxylation sites is 1. The molecule has 4 aromatic rings. The summed E-state index contributed by atoms with van der Waals surface area (Å²) in [5, 5.41) is 4.42. The summed E-state index contributed by atoms with van der Waals surface area (Å²) in [6, 6.07) is 20.0. The second-order valence-corrected chi connectivity index (χ2v) is 6.33. The van der Waals surface area contributed by atoms with Gasteiger partial charge in [-0.1, -0.05) is 18.2 Å². The van der Waals surface area contributed by atoms with Crippen LogP contribution in [0.5, 0.6) is 5.75 Å². The van der Waals surface area contributed by atoms with Crippen LogP contribution in [0.1, 0.15) is 6.42 Å². The van der Waals surface area contributed by atoms with Gasteiger partial charge in [0.25, 0.3) is 0 Å². The van der Waals surface area contributed by atoms with E-state index in [0.717, 1.165) is 29.2 Å². The first-order valence-corrected chi connectivity index (χ1v) is 9.22.